The molecule has 2 nitrogen and oxygen atoms in total. The molecule has 98 valence electrons. The molecular weight excluding hydrogens is 239 g/mol. The molecule has 2 heterocycles. The molecule has 0 radical (unpaired) electrons. The zero-order valence-electron chi connectivity index (χ0n) is 10.8. The van der Waals surface area contributed by atoms with Crippen LogP contribution in [-0.4, -0.2) is 23.0 Å². The molecule has 1 aliphatic rings. The quantitative estimate of drug-likeness (QED) is 0.838. The van der Waals surface area contributed by atoms with Crippen LogP contribution in [-0.2, 0) is 12.2 Å². The second kappa shape index (κ2) is 5.10. The average molecular weight is 256 g/mol. The lowest BCUT2D eigenvalue weighted by Gasteiger charge is -2.21. The van der Waals surface area contributed by atoms with Gasteiger partial charge >= 0.3 is 0 Å². The Labute approximate surface area is 112 Å². The maximum Gasteiger partial charge on any atom is 0.151 e. The summed E-state index contributed by atoms with van der Waals surface area (Å²) in [4.78, 5) is 6.19. The van der Waals surface area contributed by atoms with Crippen molar-refractivity contribution in [1.29, 1.82) is 0 Å². The van der Waals surface area contributed by atoms with Crippen LogP contribution in [0.5, 0.6) is 0 Å². The lowest BCUT2D eigenvalue weighted by molar-refractivity contribution is 0.164. The maximum absolute atomic E-state index is 14.9. The average Bonchev–Trinajstić information content (AvgIpc) is 2.84. The topological polar surface area (TPSA) is 16.1 Å². The van der Waals surface area contributed by atoms with Crippen LogP contribution < -0.4 is 0 Å². The number of pyridine rings is 1. The van der Waals surface area contributed by atoms with Gasteiger partial charge in [0.25, 0.3) is 0 Å². The van der Waals surface area contributed by atoms with Crippen molar-refractivity contribution >= 4 is 0 Å². The number of benzene rings is 1. The highest BCUT2D eigenvalue weighted by molar-refractivity contribution is 5.21. The van der Waals surface area contributed by atoms with Gasteiger partial charge in [-0.05, 0) is 18.1 Å². The Morgan fingerprint density at radius 1 is 1.16 bits per heavy atom. The first-order valence-corrected chi connectivity index (χ1v) is 6.62. The van der Waals surface area contributed by atoms with Crippen molar-refractivity contribution in [2.45, 2.75) is 18.6 Å². The molecule has 1 atom stereocenters. The van der Waals surface area contributed by atoms with E-state index in [0.29, 0.717) is 18.5 Å². The van der Waals surface area contributed by atoms with Crippen molar-refractivity contribution in [2.75, 3.05) is 13.1 Å². The lowest BCUT2D eigenvalue weighted by Crippen LogP contribution is -2.27. The van der Waals surface area contributed by atoms with E-state index < -0.39 is 5.67 Å². The number of hydrogen-bond donors (Lipinski definition) is 0. The van der Waals surface area contributed by atoms with Crippen molar-refractivity contribution < 1.29 is 4.39 Å². The largest absolute Gasteiger partial charge is 0.295 e. The highest BCUT2D eigenvalue weighted by atomic mass is 19.1. The number of halogens is 1. The third-order valence-corrected chi connectivity index (χ3v) is 3.73. The van der Waals surface area contributed by atoms with Crippen LogP contribution in [0.2, 0.25) is 0 Å². The minimum atomic E-state index is -1.25. The molecule has 0 bridgehead atoms. The lowest BCUT2D eigenvalue weighted by atomic mass is 9.97. The van der Waals surface area contributed by atoms with Crippen LogP contribution in [0.3, 0.4) is 0 Å². The van der Waals surface area contributed by atoms with Gasteiger partial charge in [0, 0.05) is 37.6 Å². The molecule has 1 aromatic carbocycles. The van der Waals surface area contributed by atoms with E-state index in [1.807, 2.05) is 24.3 Å². The number of nitrogens with zero attached hydrogens (tertiary/aromatic N) is 2. The Hall–Kier alpha value is -1.74. The summed E-state index contributed by atoms with van der Waals surface area (Å²) in [5, 5.41) is 0. The van der Waals surface area contributed by atoms with Crippen LogP contribution in [0, 0.1) is 0 Å². The maximum atomic E-state index is 14.9. The molecule has 3 heteroatoms. The SMILES string of the molecule is F[C@]1(c2cccnc2)CCN(Cc2ccccc2)C1. The molecule has 19 heavy (non-hydrogen) atoms. The molecule has 1 saturated heterocycles. The van der Waals surface area contributed by atoms with Crippen LogP contribution in [0.25, 0.3) is 0 Å². The van der Waals surface area contributed by atoms with Gasteiger partial charge in [0.1, 0.15) is 0 Å². The van der Waals surface area contributed by atoms with Gasteiger partial charge in [-0.3, -0.25) is 9.88 Å². The Bertz CT molecular complexity index is 529. The van der Waals surface area contributed by atoms with Gasteiger partial charge in [-0.1, -0.05) is 36.4 Å². The molecule has 0 N–H and O–H groups in total. The summed E-state index contributed by atoms with van der Waals surface area (Å²) in [7, 11) is 0. The Morgan fingerprint density at radius 2 is 2.00 bits per heavy atom. The molecule has 0 unspecified atom stereocenters. The van der Waals surface area contributed by atoms with Crippen molar-refractivity contribution in [3.63, 3.8) is 0 Å². The van der Waals surface area contributed by atoms with E-state index in [9.17, 15) is 4.39 Å². The Balaban J connectivity index is 1.70. The minimum Gasteiger partial charge on any atom is -0.295 e. The molecule has 0 aliphatic carbocycles. The fourth-order valence-corrected chi connectivity index (χ4v) is 2.69. The predicted octanol–water partition coefficient (Wildman–Crippen LogP) is 3.15. The summed E-state index contributed by atoms with van der Waals surface area (Å²) in [6.07, 6.45) is 3.88. The zero-order valence-corrected chi connectivity index (χ0v) is 10.8. The summed E-state index contributed by atoms with van der Waals surface area (Å²) in [5.41, 5.74) is 0.687. The van der Waals surface area contributed by atoms with E-state index in [0.717, 1.165) is 13.1 Å². The van der Waals surface area contributed by atoms with E-state index in [4.69, 9.17) is 0 Å². The third kappa shape index (κ3) is 2.66. The molecule has 0 spiro atoms. The monoisotopic (exact) mass is 256 g/mol. The van der Waals surface area contributed by atoms with Crippen LogP contribution >= 0.6 is 0 Å². The number of rotatable bonds is 3. The van der Waals surface area contributed by atoms with Crippen molar-refractivity contribution in [3.8, 4) is 0 Å². The van der Waals surface area contributed by atoms with E-state index in [1.54, 1.807) is 18.5 Å². The zero-order chi connectivity index (χ0) is 13.1. The molecule has 3 rings (SSSR count). The summed E-state index contributed by atoms with van der Waals surface area (Å²) in [6, 6.07) is 13.9. The molecule has 0 amide bonds. The second-order valence-corrected chi connectivity index (χ2v) is 5.15. The van der Waals surface area contributed by atoms with E-state index in [2.05, 4.69) is 22.0 Å². The standard InChI is InChI=1S/C16H17FN2/c17-16(15-7-4-9-18-11-15)8-10-19(13-16)12-14-5-2-1-3-6-14/h1-7,9,11H,8,10,12-13H2/t16-/m1/s1. The molecule has 1 aliphatic heterocycles. The van der Waals surface area contributed by atoms with Crippen molar-refractivity contribution in [3.05, 3.63) is 66.0 Å². The van der Waals surface area contributed by atoms with Gasteiger partial charge in [0.15, 0.2) is 5.67 Å². The molecule has 0 saturated carbocycles. The highest BCUT2D eigenvalue weighted by Crippen LogP contribution is 2.36. The Kier molecular flexibility index (Phi) is 3.30. The van der Waals surface area contributed by atoms with E-state index in [-0.39, 0.29) is 0 Å². The van der Waals surface area contributed by atoms with Gasteiger partial charge in [-0.25, -0.2) is 4.39 Å². The van der Waals surface area contributed by atoms with Gasteiger partial charge < -0.3 is 0 Å². The first-order valence-electron chi connectivity index (χ1n) is 6.62. The van der Waals surface area contributed by atoms with Crippen molar-refractivity contribution in [1.82, 2.24) is 9.88 Å². The van der Waals surface area contributed by atoms with E-state index >= 15 is 0 Å². The first-order chi connectivity index (χ1) is 9.26. The number of likely N-dealkylation sites (tertiary alicyclic amines) is 1. The number of alkyl halides is 1. The van der Waals surface area contributed by atoms with Gasteiger partial charge in [-0.15, -0.1) is 0 Å². The van der Waals surface area contributed by atoms with Crippen LogP contribution in [0.15, 0.2) is 54.9 Å². The van der Waals surface area contributed by atoms with E-state index in [1.165, 1.54) is 5.56 Å². The predicted molar refractivity (Wildman–Crippen MR) is 73.4 cm³/mol. The molecule has 1 fully saturated rings. The highest BCUT2D eigenvalue weighted by Gasteiger charge is 2.39. The van der Waals surface area contributed by atoms with Gasteiger partial charge in [0.05, 0.1) is 0 Å². The normalized spacial score (nSPS) is 23.6. The van der Waals surface area contributed by atoms with Gasteiger partial charge in [-0.2, -0.15) is 0 Å². The smallest absolute Gasteiger partial charge is 0.151 e. The summed E-state index contributed by atoms with van der Waals surface area (Å²) < 4.78 is 14.9. The van der Waals surface area contributed by atoms with Crippen LogP contribution in [0.4, 0.5) is 4.39 Å². The Morgan fingerprint density at radius 3 is 2.74 bits per heavy atom. The minimum absolute atomic E-state index is 0.452. The number of aromatic nitrogens is 1. The van der Waals surface area contributed by atoms with Crippen LogP contribution in [0.1, 0.15) is 17.5 Å². The van der Waals surface area contributed by atoms with Crippen molar-refractivity contribution in [2.24, 2.45) is 0 Å². The molecule has 1 aromatic heterocycles. The molecular formula is C16H17FN2. The molecule has 2 aromatic rings. The summed E-state index contributed by atoms with van der Waals surface area (Å²) in [5.74, 6) is 0. The fourth-order valence-electron chi connectivity index (χ4n) is 2.69. The number of hydrogen-bond acceptors (Lipinski definition) is 2. The van der Waals surface area contributed by atoms with Gasteiger partial charge in [0.2, 0.25) is 0 Å². The summed E-state index contributed by atoms with van der Waals surface area (Å²) in [6.45, 7) is 2.06. The summed E-state index contributed by atoms with van der Waals surface area (Å²) >= 11 is 0. The third-order valence-electron chi connectivity index (χ3n) is 3.73. The fraction of sp³-hybridized carbons (Fsp3) is 0.312. The second-order valence-electron chi connectivity index (χ2n) is 5.15. The first kappa shape index (κ1) is 12.3.